The second-order valence-corrected chi connectivity index (χ2v) is 7.95. The number of hydrogen-bond donors (Lipinski definition) is 2. The summed E-state index contributed by atoms with van der Waals surface area (Å²) in [7, 11) is 0. The minimum atomic E-state index is -0.508. The zero-order chi connectivity index (χ0) is 20.2. The van der Waals surface area contributed by atoms with Gasteiger partial charge in [-0.1, -0.05) is 18.2 Å². The van der Waals surface area contributed by atoms with E-state index in [2.05, 4.69) is 51.0 Å². The maximum absolute atomic E-state index is 11.5. The van der Waals surface area contributed by atoms with Crippen LogP contribution in [0.15, 0.2) is 36.7 Å². The van der Waals surface area contributed by atoms with Gasteiger partial charge in [-0.05, 0) is 56.6 Å². The quantitative estimate of drug-likeness (QED) is 0.600. The van der Waals surface area contributed by atoms with Gasteiger partial charge in [0, 0.05) is 42.1 Å². The lowest BCUT2D eigenvalue weighted by atomic mass is 9.90. The highest BCUT2D eigenvalue weighted by atomic mass is 16.3. The standard InChI is InChI=1S/C23H28N4O2/c1-16-19(20-6-2-3-8-21(20)26-16)7-4-5-17-9-11-27(12-10-17)23-24-13-18(14-25-23)22(29)15-28/h2-3,6,8,13-14,17,26,28H,4-5,7,9-12,15H2,1H3. The van der Waals surface area contributed by atoms with Crippen molar-refractivity contribution in [3.63, 3.8) is 0 Å². The Bertz CT molecular complexity index is 972. The molecule has 0 aliphatic carbocycles. The zero-order valence-electron chi connectivity index (χ0n) is 16.9. The summed E-state index contributed by atoms with van der Waals surface area (Å²) < 4.78 is 0. The van der Waals surface area contributed by atoms with Crippen LogP contribution in [0.25, 0.3) is 10.9 Å². The Balaban J connectivity index is 1.27. The van der Waals surface area contributed by atoms with Crippen LogP contribution >= 0.6 is 0 Å². The van der Waals surface area contributed by atoms with Crippen LogP contribution < -0.4 is 4.90 Å². The number of aromatic nitrogens is 3. The van der Waals surface area contributed by atoms with Crippen LogP contribution in [-0.4, -0.2) is 45.5 Å². The number of aromatic amines is 1. The SMILES string of the molecule is Cc1[nH]c2ccccc2c1CCCC1CCN(c2ncc(C(=O)CO)cn2)CC1. The van der Waals surface area contributed by atoms with E-state index in [1.54, 1.807) is 0 Å². The van der Waals surface area contributed by atoms with E-state index in [1.165, 1.54) is 47.4 Å². The number of para-hydroxylation sites is 1. The number of fused-ring (bicyclic) bond motifs is 1. The third kappa shape index (κ3) is 4.32. The summed E-state index contributed by atoms with van der Waals surface area (Å²) in [5, 5.41) is 10.3. The van der Waals surface area contributed by atoms with Gasteiger partial charge in [0.05, 0.1) is 5.56 Å². The minimum absolute atomic E-state index is 0.347. The lowest BCUT2D eigenvalue weighted by Gasteiger charge is -2.32. The molecule has 29 heavy (non-hydrogen) atoms. The van der Waals surface area contributed by atoms with Crippen LogP contribution in [0.2, 0.25) is 0 Å². The van der Waals surface area contributed by atoms with Gasteiger partial charge in [0.2, 0.25) is 5.95 Å². The Labute approximate surface area is 171 Å². The third-order valence-corrected chi connectivity index (χ3v) is 6.07. The predicted molar refractivity (Wildman–Crippen MR) is 114 cm³/mol. The lowest BCUT2D eigenvalue weighted by molar-refractivity contribution is 0.0903. The molecule has 0 radical (unpaired) electrons. The molecular formula is C23H28N4O2. The number of carbonyl (C=O) groups excluding carboxylic acids is 1. The number of aryl methyl sites for hydroxylation is 2. The van der Waals surface area contributed by atoms with Gasteiger partial charge in [-0.25, -0.2) is 9.97 Å². The largest absolute Gasteiger partial charge is 0.388 e. The summed E-state index contributed by atoms with van der Waals surface area (Å²) in [5.41, 5.74) is 4.35. The number of aliphatic hydroxyl groups is 1. The van der Waals surface area contributed by atoms with E-state index >= 15 is 0 Å². The van der Waals surface area contributed by atoms with Gasteiger partial charge < -0.3 is 15.0 Å². The number of anilines is 1. The molecule has 6 heteroatoms. The summed E-state index contributed by atoms with van der Waals surface area (Å²) in [4.78, 5) is 25.8. The Hall–Kier alpha value is -2.73. The molecule has 1 saturated heterocycles. The molecule has 0 saturated carbocycles. The van der Waals surface area contributed by atoms with E-state index < -0.39 is 6.61 Å². The second-order valence-electron chi connectivity index (χ2n) is 7.95. The first kappa shape index (κ1) is 19.6. The average Bonchev–Trinajstić information content (AvgIpc) is 3.09. The number of rotatable bonds is 7. The monoisotopic (exact) mass is 392 g/mol. The van der Waals surface area contributed by atoms with E-state index in [4.69, 9.17) is 5.11 Å². The van der Waals surface area contributed by atoms with Crippen molar-refractivity contribution in [3.05, 3.63) is 53.5 Å². The summed E-state index contributed by atoms with van der Waals surface area (Å²) >= 11 is 0. The van der Waals surface area contributed by atoms with Gasteiger partial charge >= 0.3 is 0 Å². The maximum Gasteiger partial charge on any atom is 0.225 e. The number of benzene rings is 1. The Morgan fingerprint density at radius 3 is 2.66 bits per heavy atom. The van der Waals surface area contributed by atoms with E-state index in [0.717, 1.165) is 38.3 Å². The fraction of sp³-hybridized carbons (Fsp3) is 0.435. The van der Waals surface area contributed by atoms with Crippen molar-refractivity contribution in [1.29, 1.82) is 0 Å². The number of nitrogens with one attached hydrogen (secondary N) is 1. The highest BCUT2D eigenvalue weighted by molar-refractivity contribution is 5.96. The summed E-state index contributed by atoms with van der Waals surface area (Å²) in [6.45, 7) is 3.56. The molecule has 152 valence electrons. The molecule has 1 aliphatic rings. The van der Waals surface area contributed by atoms with E-state index in [0.29, 0.717) is 11.5 Å². The Morgan fingerprint density at radius 2 is 1.93 bits per heavy atom. The molecule has 4 rings (SSSR count). The number of nitrogens with zero attached hydrogens (tertiary/aromatic N) is 3. The fourth-order valence-electron chi connectivity index (χ4n) is 4.37. The number of carbonyl (C=O) groups is 1. The van der Waals surface area contributed by atoms with E-state index in [1.807, 2.05) is 0 Å². The molecule has 1 aliphatic heterocycles. The average molecular weight is 393 g/mol. The zero-order valence-corrected chi connectivity index (χ0v) is 16.9. The number of hydrogen-bond acceptors (Lipinski definition) is 5. The predicted octanol–water partition coefficient (Wildman–Crippen LogP) is 3.68. The highest BCUT2D eigenvalue weighted by Crippen LogP contribution is 2.27. The van der Waals surface area contributed by atoms with Crippen molar-refractivity contribution in [2.45, 2.75) is 39.0 Å². The van der Waals surface area contributed by atoms with Crippen molar-refractivity contribution in [1.82, 2.24) is 15.0 Å². The molecule has 2 N–H and O–H groups in total. The number of aliphatic hydroxyl groups excluding tert-OH is 1. The van der Waals surface area contributed by atoms with Gasteiger partial charge in [-0.2, -0.15) is 0 Å². The van der Waals surface area contributed by atoms with Gasteiger partial charge in [-0.3, -0.25) is 4.79 Å². The van der Waals surface area contributed by atoms with Gasteiger partial charge in [-0.15, -0.1) is 0 Å². The van der Waals surface area contributed by atoms with Crippen LogP contribution in [-0.2, 0) is 6.42 Å². The molecule has 0 amide bonds. The molecule has 0 bridgehead atoms. The van der Waals surface area contributed by atoms with Gasteiger partial charge in [0.25, 0.3) is 0 Å². The molecule has 3 aromatic rings. The van der Waals surface area contributed by atoms with Crippen LogP contribution in [0.1, 0.15) is 47.3 Å². The molecule has 0 unspecified atom stereocenters. The fourth-order valence-corrected chi connectivity index (χ4v) is 4.37. The maximum atomic E-state index is 11.5. The second kappa shape index (κ2) is 8.74. The molecule has 1 fully saturated rings. The van der Waals surface area contributed by atoms with E-state index in [-0.39, 0.29) is 5.78 Å². The Kier molecular flexibility index (Phi) is 5.90. The van der Waals surface area contributed by atoms with Gasteiger partial charge in [0.15, 0.2) is 5.78 Å². The van der Waals surface area contributed by atoms with Crippen LogP contribution in [0.5, 0.6) is 0 Å². The Morgan fingerprint density at radius 1 is 1.21 bits per heavy atom. The topological polar surface area (TPSA) is 82.1 Å². The minimum Gasteiger partial charge on any atom is -0.388 e. The smallest absolute Gasteiger partial charge is 0.225 e. The number of piperidine rings is 1. The van der Waals surface area contributed by atoms with Crippen LogP contribution in [0.3, 0.4) is 0 Å². The third-order valence-electron chi connectivity index (χ3n) is 6.07. The summed E-state index contributed by atoms with van der Waals surface area (Å²) in [6, 6.07) is 8.56. The molecule has 3 heterocycles. The molecule has 0 spiro atoms. The molecule has 1 aromatic carbocycles. The highest BCUT2D eigenvalue weighted by Gasteiger charge is 2.21. The van der Waals surface area contributed by atoms with E-state index in [9.17, 15) is 4.79 Å². The molecular weight excluding hydrogens is 364 g/mol. The lowest BCUT2D eigenvalue weighted by Crippen LogP contribution is -2.35. The van der Waals surface area contributed by atoms with Crippen LogP contribution in [0, 0.1) is 12.8 Å². The first-order valence-electron chi connectivity index (χ1n) is 10.4. The first-order chi connectivity index (χ1) is 14.2. The number of Topliss-reactive ketones (excluding diaryl/α,β-unsaturated/α-hetero) is 1. The molecule has 0 atom stereocenters. The van der Waals surface area contributed by atoms with Crippen molar-refractivity contribution in [2.75, 3.05) is 24.6 Å². The van der Waals surface area contributed by atoms with Gasteiger partial charge in [0.1, 0.15) is 6.61 Å². The summed E-state index contributed by atoms with van der Waals surface area (Å²) in [5.74, 6) is 1.07. The molecule has 6 nitrogen and oxygen atoms in total. The van der Waals surface area contributed by atoms with Crippen molar-refractivity contribution in [3.8, 4) is 0 Å². The number of ketones is 1. The summed E-state index contributed by atoms with van der Waals surface area (Å²) in [6.07, 6.45) is 8.90. The number of H-pyrrole nitrogens is 1. The van der Waals surface area contributed by atoms with Crippen LogP contribution in [0.4, 0.5) is 5.95 Å². The van der Waals surface area contributed by atoms with Crippen molar-refractivity contribution >= 4 is 22.6 Å². The molecule has 2 aromatic heterocycles. The van der Waals surface area contributed by atoms with Crippen molar-refractivity contribution < 1.29 is 9.90 Å². The normalized spacial score (nSPS) is 15.2. The van der Waals surface area contributed by atoms with Crippen molar-refractivity contribution in [2.24, 2.45) is 5.92 Å². The first-order valence-corrected chi connectivity index (χ1v) is 10.4.